The SMILES string of the molecule is COC(=O)C[C@H](C(=O)N1CCC[C@H]1c1ncc(-c2ccc(-c3ccc(-c4cnc([C@@H]5CCCN5C(=O)[C@H](Cc5ccccn5)NC(=O)OC)[nH]4)cc3)cc2)[nH]1)C(C)C. The minimum absolute atomic E-state index is 0.00216. The maximum atomic E-state index is 13.9. The van der Waals surface area contributed by atoms with Crippen LogP contribution in [0.1, 0.15) is 75.4 Å². The molecule has 302 valence electrons. The van der Waals surface area contributed by atoms with Crippen molar-refractivity contribution < 1.29 is 28.7 Å². The molecule has 0 saturated carbocycles. The minimum Gasteiger partial charge on any atom is -0.469 e. The first-order valence-corrected chi connectivity index (χ1v) is 19.9. The first-order chi connectivity index (χ1) is 28.1. The number of rotatable bonds is 13. The first-order valence-electron chi connectivity index (χ1n) is 19.9. The van der Waals surface area contributed by atoms with Crippen molar-refractivity contribution in [2.24, 2.45) is 11.8 Å². The molecule has 14 heteroatoms. The highest BCUT2D eigenvalue weighted by molar-refractivity contribution is 5.87. The van der Waals surface area contributed by atoms with Crippen LogP contribution in [0.25, 0.3) is 33.6 Å². The van der Waals surface area contributed by atoms with Gasteiger partial charge in [-0.05, 0) is 66.0 Å². The molecule has 0 aliphatic carbocycles. The van der Waals surface area contributed by atoms with Crippen LogP contribution in [0.2, 0.25) is 0 Å². The van der Waals surface area contributed by atoms with Crippen LogP contribution in [0.3, 0.4) is 0 Å². The van der Waals surface area contributed by atoms with Crippen LogP contribution in [0.5, 0.6) is 0 Å². The summed E-state index contributed by atoms with van der Waals surface area (Å²) >= 11 is 0. The lowest BCUT2D eigenvalue weighted by atomic mass is 9.91. The molecule has 3 amide bonds. The maximum Gasteiger partial charge on any atom is 0.407 e. The third-order valence-corrected chi connectivity index (χ3v) is 11.3. The molecule has 5 heterocycles. The lowest BCUT2D eigenvalue weighted by Gasteiger charge is -2.29. The summed E-state index contributed by atoms with van der Waals surface area (Å²) in [5.41, 5.74) is 6.45. The second kappa shape index (κ2) is 17.9. The van der Waals surface area contributed by atoms with Gasteiger partial charge in [-0.3, -0.25) is 19.4 Å². The van der Waals surface area contributed by atoms with Crippen molar-refractivity contribution >= 4 is 23.9 Å². The van der Waals surface area contributed by atoms with E-state index in [1.807, 2.05) is 49.2 Å². The Balaban J connectivity index is 1.000. The van der Waals surface area contributed by atoms with E-state index < -0.39 is 18.1 Å². The monoisotopic (exact) mass is 786 g/mol. The molecule has 4 atom stereocenters. The summed E-state index contributed by atoms with van der Waals surface area (Å²) in [5.74, 6) is 0.384. The summed E-state index contributed by atoms with van der Waals surface area (Å²) in [4.78, 5) is 76.0. The molecule has 2 aliphatic rings. The Morgan fingerprint density at radius 1 is 0.724 bits per heavy atom. The fourth-order valence-corrected chi connectivity index (χ4v) is 8.03. The quantitative estimate of drug-likeness (QED) is 0.110. The first kappa shape index (κ1) is 39.9. The van der Waals surface area contributed by atoms with Gasteiger partial charge in [0.05, 0.1) is 62.4 Å². The van der Waals surface area contributed by atoms with Crippen molar-refractivity contribution in [1.82, 2.24) is 40.0 Å². The van der Waals surface area contributed by atoms with Gasteiger partial charge in [-0.2, -0.15) is 0 Å². The second-order valence-corrected chi connectivity index (χ2v) is 15.2. The number of likely N-dealkylation sites (tertiary alicyclic amines) is 2. The lowest BCUT2D eigenvalue weighted by Crippen LogP contribution is -2.49. The van der Waals surface area contributed by atoms with Crippen LogP contribution in [-0.2, 0) is 30.3 Å². The molecule has 3 aromatic heterocycles. The van der Waals surface area contributed by atoms with Gasteiger partial charge in [0.25, 0.3) is 0 Å². The maximum absolute atomic E-state index is 13.9. The summed E-state index contributed by atoms with van der Waals surface area (Å²) < 4.78 is 9.69. The zero-order valence-corrected chi connectivity index (χ0v) is 33.3. The highest BCUT2D eigenvalue weighted by Crippen LogP contribution is 2.36. The number of nitrogens with zero attached hydrogens (tertiary/aromatic N) is 5. The number of pyridine rings is 1. The smallest absolute Gasteiger partial charge is 0.407 e. The molecule has 0 radical (unpaired) electrons. The van der Waals surface area contributed by atoms with E-state index in [2.05, 4.69) is 56.7 Å². The number of hydrogen-bond acceptors (Lipinski definition) is 9. The highest BCUT2D eigenvalue weighted by Gasteiger charge is 2.38. The van der Waals surface area contributed by atoms with Crippen LogP contribution in [-0.4, -0.2) is 91.9 Å². The van der Waals surface area contributed by atoms with Crippen molar-refractivity contribution in [2.45, 2.75) is 70.5 Å². The number of aromatic nitrogens is 5. The van der Waals surface area contributed by atoms with Crippen LogP contribution in [0.15, 0.2) is 85.3 Å². The standard InChI is InChI=1S/C44H50N8O6/c1-27(2)33(24-39(53)57-3)42(54)51-21-7-10-37(51)40-46-25-35(48-40)30-16-12-28(13-17-30)29-14-18-31(19-15-29)36-26-47-41(49-36)38-11-8-22-52(38)43(55)34(50-44(56)58-4)23-32-9-5-6-20-45-32/h5-6,9,12-20,25-27,33-34,37-38H,7-8,10-11,21-24H2,1-4H3,(H,46,48)(H,47,49)(H,50,56)/t33-,34-,37-,38-/m0/s1. The summed E-state index contributed by atoms with van der Waals surface area (Å²) in [5, 5.41) is 2.70. The van der Waals surface area contributed by atoms with Gasteiger partial charge in [-0.25, -0.2) is 14.8 Å². The van der Waals surface area contributed by atoms with E-state index in [-0.39, 0.29) is 48.6 Å². The molecule has 0 unspecified atom stereocenters. The number of carbonyl (C=O) groups excluding carboxylic acids is 4. The number of aromatic amines is 2. The minimum atomic E-state index is -0.833. The van der Waals surface area contributed by atoms with E-state index in [1.54, 1.807) is 23.4 Å². The number of nitrogens with one attached hydrogen (secondary N) is 3. The van der Waals surface area contributed by atoms with E-state index >= 15 is 0 Å². The molecular formula is C44H50N8O6. The Hall–Kier alpha value is -6.31. The summed E-state index contributed by atoms with van der Waals surface area (Å²) in [7, 11) is 2.63. The van der Waals surface area contributed by atoms with E-state index in [0.29, 0.717) is 24.6 Å². The summed E-state index contributed by atoms with van der Waals surface area (Å²) in [6, 6.07) is 20.7. The van der Waals surface area contributed by atoms with E-state index in [4.69, 9.17) is 19.4 Å². The van der Waals surface area contributed by atoms with E-state index in [9.17, 15) is 19.2 Å². The van der Waals surface area contributed by atoms with Gasteiger partial charge in [0.2, 0.25) is 11.8 Å². The molecule has 2 aliphatic heterocycles. The van der Waals surface area contributed by atoms with Crippen molar-refractivity contribution in [3.8, 4) is 33.6 Å². The third kappa shape index (κ3) is 8.80. The van der Waals surface area contributed by atoms with Gasteiger partial charge >= 0.3 is 12.1 Å². The molecular weight excluding hydrogens is 737 g/mol. The molecule has 7 rings (SSSR count). The van der Waals surface area contributed by atoms with Crippen molar-refractivity contribution in [3.05, 3.63) is 103 Å². The summed E-state index contributed by atoms with van der Waals surface area (Å²) in [6.07, 6.45) is 8.14. The predicted octanol–water partition coefficient (Wildman–Crippen LogP) is 6.66. The van der Waals surface area contributed by atoms with Crippen LogP contribution in [0.4, 0.5) is 4.79 Å². The zero-order valence-electron chi connectivity index (χ0n) is 33.3. The van der Waals surface area contributed by atoms with Crippen LogP contribution in [0, 0.1) is 11.8 Å². The van der Waals surface area contributed by atoms with Gasteiger partial charge in [0.15, 0.2) is 0 Å². The highest BCUT2D eigenvalue weighted by atomic mass is 16.5. The third-order valence-electron chi connectivity index (χ3n) is 11.3. The number of benzene rings is 2. The topological polar surface area (TPSA) is 176 Å². The molecule has 2 aromatic carbocycles. The number of H-pyrrole nitrogens is 2. The number of ether oxygens (including phenoxy) is 2. The number of methoxy groups -OCH3 is 2. The van der Waals surface area contributed by atoms with Gasteiger partial charge in [-0.15, -0.1) is 0 Å². The molecule has 58 heavy (non-hydrogen) atoms. The Bertz CT molecular complexity index is 2200. The number of carbonyl (C=O) groups is 4. The van der Waals surface area contributed by atoms with Crippen molar-refractivity contribution in [3.63, 3.8) is 0 Å². The number of imidazole rings is 2. The Kier molecular flexibility index (Phi) is 12.3. The molecule has 14 nitrogen and oxygen atoms in total. The number of amides is 3. The average Bonchev–Trinajstić information content (AvgIpc) is 4.09. The zero-order chi connectivity index (χ0) is 40.8. The molecule has 5 aromatic rings. The molecule has 0 spiro atoms. The molecule has 2 saturated heterocycles. The number of esters is 1. The lowest BCUT2D eigenvalue weighted by molar-refractivity contribution is -0.148. The fourth-order valence-electron chi connectivity index (χ4n) is 8.03. The van der Waals surface area contributed by atoms with Gasteiger partial charge in [-0.1, -0.05) is 68.4 Å². The van der Waals surface area contributed by atoms with Crippen LogP contribution < -0.4 is 5.32 Å². The average molecular weight is 787 g/mol. The number of hydrogen-bond donors (Lipinski definition) is 3. The van der Waals surface area contributed by atoms with Gasteiger partial charge in [0.1, 0.15) is 17.7 Å². The molecule has 0 bridgehead atoms. The van der Waals surface area contributed by atoms with Crippen molar-refractivity contribution in [1.29, 1.82) is 0 Å². The normalized spacial score (nSPS) is 17.6. The Labute approximate surface area is 337 Å². The fraction of sp³-hybridized carbons (Fsp3) is 0.386. The van der Waals surface area contributed by atoms with Crippen LogP contribution >= 0.6 is 0 Å². The number of alkyl carbamates (subject to hydrolysis) is 1. The van der Waals surface area contributed by atoms with E-state index in [1.165, 1.54) is 14.2 Å². The van der Waals surface area contributed by atoms with E-state index in [0.717, 1.165) is 65.1 Å². The second-order valence-electron chi connectivity index (χ2n) is 15.2. The Morgan fingerprint density at radius 2 is 1.26 bits per heavy atom. The Morgan fingerprint density at radius 3 is 1.74 bits per heavy atom. The molecule has 2 fully saturated rings. The van der Waals surface area contributed by atoms with Gasteiger partial charge in [0, 0.05) is 31.4 Å². The van der Waals surface area contributed by atoms with Crippen molar-refractivity contribution in [2.75, 3.05) is 27.3 Å². The van der Waals surface area contributed by atoms with Gasteiger partial charge < -0.3 is 34.6 Å². The predicted molar refractivity (Wildman–Crippen MR) is 217 cm³/mol. The molecule has 3 N–H and O–H groups in total. The summed E-state index contributed by atoms with van der Waals surface area (Å²) in [6.45, 7) is 5.10. The largest absolute Gasteiger partial charge is 0.469 e.